The molecule has 2 aromatic carbocycles. The molecule has 0 N–H and O–H groups in total. The van der Waals surface area contributed by atoms with E-state index in [0.717, 1.165) is 11.1 Å². The van der Waals surface area contributed by atoms with E-state index < -0.39 is 16.1 Å². The summed E-state index contributed by atoms with van der Waals surface area (Å²) in [6, 6.07) is 14.1. The Morgan fingerprint density at radius 3 is 1.85 bits per heavy atom. The molecule has 0 saturated heterocycles. The molecule has 0 saturated carbocycles. The Morgan fingerprint density at radius 2 is 1.40 bits per heavy atom. The van der Waals surface area contributed by atoms with E-state index in [0.29, 0.717) is 10.8 Å². The molecule has 0 fully saturated rings. The molecule has 0 bridgehead atoms. The fourth-order valence-electron chi connectivity index (χ4n) is 1.53. The van der Waals surface area contributed by atoms with Gasteiger partial charge in [0.1, 0.15) is 15.9 Å². The van der Waals surface area contributed by atoms with Crippen molar-refractivity contribution in [3.63, 3.8) is 0 Å². The Morgan fingerprint density at radius 1 is 0.950 bits per heavy atom. The van der Waals surface area contributed by atoms with Gasteiger partial charge in [-0.15, -0.1) is 0 Å². The molecule has 0 radical (unpaired) electrons. The van der Waals surface area contributed by atoms with Gasteiger partial charge in [-0.25, -0.2) is 8.42 Å². The Bertz CT molecular complexity index is 654. The van der Waals surface area contributed by atoms with Crippen molar-refractivity contribution in [3.8, 4) is 16.9 Å². The third-order valence-corrected chi connectivity index (χ3v) is 3.06. The summed E-state index contributed by atoms with van der Waals surface area (Å²) in [5.41, 5.74) is 1.92. The van der Waals surface area contributed by atoms with E-state index in [4.69, 9.17) is 16.3 Å². The summed E-state index contributed by atoms with van der Waals surface area (Å²) < 4.78 is 36.2. The van der Waals surface area contributed by atoms with E-state index in [9.17, 15) is 13.0 Å². The number of hydrogen-bond acceptors (Lipinski definition) is 4. The second-order valence-corrected chi connectivity index (χ2v) is 5.64. The molecule has 0 aliphatic heterocycles. The van der Waals surface area contributed by atoms with Gasteiger partial charge in [-0.05, 0) is 35.4 Å². The standard InChI is InChI=1S/C13H11ClO4S.Na/c14-12-5-1-10(2-6-12)11-3-7-13(8-4-11)18-9-19(15,16)17;/h1-8H,9H2,(H,15,16,17);/q;+1/p-1. The Kier molecular flexibility index (Phi) is 6.51. The molecule has 0 aliphatic rings. The molecular weight excluding hydrogens is 311 g/mol. The summed E-state index contributed by atoms with van der Waals surface area (Å²) in [5, 5.41) is 0.657. The molecule has 0 heterocycles. The normalized spacial score (nSPS) is 10.7. The molecule has 0 spiro atoms. The monoisotopic (exact) mass is 320 g/mol. The van der Waals surface area contributed by atoms with Gasteiger partial charge in [0, 0.05) is 5.02 Å². The van der Waals surface area contributed by atoms with Gasteiger partial charge < -0.3 is 9.29 Å². The van der Waals surface area contributed by atoms with E-state index in [1.807, 2.05) is 12.1 Å². The zero-order chi connectivity index (χ0) is 13.9. The predicted molar refractivity (Wildman–Crippen MR) is 72.1 cm³/mol. The second-order valence-electron chi connectivity index (χ2n) is 3.85. The molecule has 4 nitrogen and oxygen atoms in total. The van der Waals surface area contributed by atoms with Crippen LogP contribution in [0.3, 0.4) is 0 Å². The van der Waals surface area contributed by atoms with Gasteiger partial charge in [-0.2, -0.15) is 0 Å². The van der Waals surface area contributed by atoms with Crippen LogP contribution in [0.15, 0.2) is 48.5 Å². The van der Waals surface area contributed by atoms with Gasteiger partial charge in [-0.1, -0.05) is 35.9 Å². The molecule has 0 amide bonds. The van der Waals surface area contributed by atoms with Gasteiger partial charge in [0.15, 0.2) is 5.94 Å². The van der Waals surface area contributed by atoms with Crippen molar-refractivity contribution >= 4 is 21.7 Å². The van der Waals surface area contributed by atoms with Crippen LogP contribution >= 0.6 is 11.6 Å². The SMILES string of the molecule is O=S(=O)([O-])COc1ccc(-c2ccc(Cl)cc2)cc1.[Na+]. The third-order valence-electron chi connectivity index (χ3n) is 2.40. The number of benzene rings is 2. The Balaban J connectivity index is 0.00000200. The van der Waals surface area contributed by atoms with E-state index in [1.165, 1.54) is 0 Å². The Hall–Kier alpha value is -0.560. The van der Waals surface area contributed by atoms with Crippen LogP contribution in [0.4, 0.5) is 0 Å². The Labute approximate surface area is 144 Å². The molecule has 0 aliphatic carbocycles. The fourth-order valence-corrected chi connectivity index (χ4v) is 1.93. The van der Waals surface area contributed by atoms with Gasteiger partial charge >= 0.3 is 29.6 Å². The molecule has 2 rings (SSSR count). The van der Waals surface area contributed by atoms with Crippen LogP contribution in [-0.2, 0) is 10.1 Å². The summed E-state index contributed by atoms with van der Waals surface area (Å²) in [5.74, 6) is -0.537. The summed E-state index contributed by atoms with van der Waals surface area (Å²) >= 11 is 5.80. The zero-order valence-electron chi connectivity index (χ0n) is 10.7. The summed E-state index contributed by atoms with van der Waals surface area (Å²) in [7, 11) is -4.38. The topological polar surface area (TPSA) is 66.4 Å². The first-order valence-corrected chi connectivity index (χ1v) is 7.32. The van der Waals surface area contributed by atoms with E-state index in [2.05, 4.69) is 0 Å². The number of hydrogen-bond donors (Lipinski definition) is 0. The molecule has 0 aromatic heterocycles. The van der Waals surface area contributed by atoms with Crippen LogP contribution < -0.4 is 34.3 Å². The van der Waals surface area contributed by atoms with Crippen LogP contribution in [0.1, 0.15) is 0 Å². The van der Waals surface area contributed by atoms with Gasteiger partial charge in [0.2, 0.25) is 0 Å². The van der Waals surface area contributed by atoms with Gasteiger partial charge in [-0.3, -0.25) is 0 Å². The van der Waals surface area contributed by atoms with Crippen molar-refractivity contribution in [1.29, 1.82) is 0 Å². The van der Waals surface area contributed by atoms with Crippen LogP contribution in [0.2, 0.25) is 5.02 Å². The van der Waals surface area contributed by atoms with Crippen LogP contribution in [-0.4, -0.2) is 18.9 Å². The maximum atomic E-state index is 10.4. The quantitative estimate of drug-likeness (QED) is 0.582. The minimum Gasteiger partial charge on any atom is -0.745 e. The summed E-state index contributed by atoms with van der Waals surface area (Å²) in [4.78, 5) is 0. The summed E-state index contributed by atoms with van der Waals surface area (Å²) in [6.45, 7) is 0. The largest absolute Gasteiger partial charge is 1.00 e. The first kappa shape index (κ1) is 17.5. The molecule has 0 unspecified atom stereocenters. The number of ether oxygens (including phenoxy) is 1. The third kappa shape index (κ3) is 5.44. The first-order valence-electron chi connectivity index (χ1n) is 5.36. The van der Waals surface area contributed by atoms with Crippen molar-refractivity contribution in [1.82, 2.24) is 0 Å². The fraction of sp³-hybridized carbons (Fsp3) is 0.0769. The smallest absolute Gasteiger partial charge is 0.745 e. The van der Waals surface area contributed by atoms with Crippen LogP contribution in [0.25, 0.3) is 11.1 Å². The molecular formula is C13H10ClNaO4S. The minimum atomic E-state index is -4.38. The predicted octanol–water partition coefficient (Wildman–Crippen LogP) is -0.108. The minimum absolute atomic E-state index is 0. The van der Waals surface area contributed by atoms with Crippen molar-refractivity contribution in [2.75, 3.05) is 5.94 Å². The average molecular weight is 321 g/mol. The molecule has 0 atom stereocenters. The second kappa shape index (κ2) is 7.45. The van der Waals surface area contributed by atoms with Gasteiger partial charge in [0.25, 0.3) is 0 Å². The van der Waals surface area contributed by atoms with E-state index >= 15 is 0 Å². The van der Waals surface area contributed by atoms with Crippen LogP contribution in [0, 0.1) is 0 Å². The first-order chi connectivity index (χ1) is 8.94. The van der Waals surface area contributed by atoms with Crippen molar-refractivity contribution in [2.24, 2.45) is 0 Å². The average Bonchev–Trinajstić information content (AvgIpc) is 2.37. The maximum absolute atomic E-state index is 10.4. The van der Waals surface area contributed by atoms with E-state index in [1.54, 1.807) is 36.4 Å². The van der Waals surface area contributed by atoms with Gasteiger partial charge in [0.05, 0.1) is 0 Å². The van der Waals surface area contributed by atoms with Crippen molar-refractivity contribution < 1.29 is 47.3 Å². The number of rotatable bonds is 4. The van der Waals surface area contributed by atoms with Crippen molar-refractivity contribution in [3.05, 3.63) is 53.6 Å². The molecule has 20 heavy (non-hydrogen) atoms. The molecule has 2 aromatic rings. The van der Waals surface area contributed by atoms with Crippen molar-refractivity contribution in [2.45, 2.75) is 0 Å². The maximum Gasteiger partial charge on any atom is 1.00 e. The van der Waals surface area contributed by atoms with E-state index in [-0.39, 0.29) is 29.6 Å². The zero-order valence-corrected chi connectivity index (χ0v) is 14.3. The summed E-state index contributed by atoms with van der Waals surface area (Å²) in [6.07, 6.45) is 0. The van der Waals surface area contributed by atoms with Crippen LogP contribution in [0.5, 0.6) is 5.75 Å². The molecule has 100 valence electrons. The number of halogens is 1. The molecule has 7 heteroatoms.